The van der Waals surface area contributed by atoms with Gasteiger partial charge in [0.1, 0.15) is 5.82 Å². The number of anilines is 1. The third-order valence-corrected chi connectivity index (χ3v) is 2.75. The fourth-order valence-corrected chi connectivity index (χ4v) is 1.81. The molecule has 1 aromatic heterocycles. The Labute approximate surface area is 112 Å². The van der Waals surface area contributed by atoms with Gasteiger partial charge in [-0.25, -0.2) is 9.78 Å². The van der Waals surface area contributed by atoms with Gasteiger partial charge in [0.25, 0.3) is 0 Å². The van der Waals surface area contributed by atoms with E-state index >= 15 is 0 Å². The predicted molar refractivity (Wildman–Crippen MR) is 73.8 cm³/mol. The average Bonchev–Trinajstić information content (AvgIpc) is 2.45. The topological polar surface area (TPSA) is 51.2 Å². The summed E-state index contributed by atoms with van der Waals surface area (Å²) in [6, 6.07) is 14.5. The minimum absolute atomic E-state index is 0.338. The minimum Gasteiger partial charge on any atom is -0.467 e. The summed E-state index contributed by atoms with van der Waals surface area (Å²) in [5.74, 6) is 0.314. The number of benzene rings is 1. The van der Waals surface area contributed by atoms with Gasteiger partial charge in [-0.2, -0.15) is 0 Å². The first-order chi connectivity index (χ1) is 9.20. The third kappa shape index (κ3) is 3.31. The van der Waals surface area contributed by atoms with Crippen LogP contribution in [-0.2, 0) is 9.53 Å². The molecule has 0 fully saturated rings. The number of hydrogen-bond donors (Lipinski definition) is 1. The van der Waals surface area contributed by atoms with Crippen molar-refractivity contribution in [2.24, 2.45) is 0 Å². The number of pyridine rings is 1. The van der Waals surface area contributed by atoms with Crippen LogP contribution in [0.2, 0.25) is 0 Å². The lowest BCUT2D eigenvalue weighted by Crippen LogP contribution is -2.22. The standard InChI is InChI=1S/C15H16N2O2/c1-11-7-6-10-13(16-11)17-14(15(18)19-2)12-8-4-3-5-9-12/h3-10,14H,1-2H3,(H,16,17). The molecule has 0 aliphatic carbocycles. The summed E-state index contributed by atoms with van der Waals surface area (Å²) in [5, 5.41) is 3.10. The molecule has 98 valence electrons. The normalized spacial score (nSPS) is 11.7. The van der Waals surface area contributed by atoms with Crippen molar-refractivity contribution in [1.82, 2.24) is 4.98 Å². The van der Waals surface area contributed by atoms with E-state index in [1.165, 1.54) is 7.11 Å². The SMILES string of the molecule is COC(=O)C(Nc1cccc(C)n1)c1ccccc1. The van der Waals surface area contributed by atoms with Gasteiger partial charge in [-0.15, -0.1) is 0 Å². The average molecular weight is 256 g/mol. The van der Waals surface area contributed by atoms with Crippen molar-refractivity contribution in [3.05, 3.63) is 59.8 Å². The number of methoxy groups -OCH3 is 1. The number of nitrogens with one attached hydrogen (secondary N) is 1. The highest BCUT2D eigenvalue weighted by Gasteiger charge is 2.21. The Morgan fingerprint density at radius 2 is 1.89 bits per heavy atom. The lowest BCUT2D eigenvalue weighted by Gasteiger charge is -2.17. The van der Waals surface area contributed by atoms with E-state index < -0.39 is 6.04 Å². The molecule has 0 aliphatic heterocycles. The molecule has 1 aromatic carbocycles. The highest BCUT2D eigenvalue weighted by Crippen LogP contribution is 2.19. The lowest BCUT2D eigenvalue weighted by atomic mass is 10.1. The fourth-order valence-electron chi connectivity index (χ4n) is 1.81. The lowest BCUT2D eigenvalue weighted by molar-refractivity contribution is -0.141. The molecular formula is C15H16N2O2. The van der Waals surface area contributed by atoms with Gasteiger partial charge < -0.3 is 10.1 Å². The molecule has 1 heterocycles. The monoisotopic (exact) mass is 256 g/mol. The molecule has 4 nitrogen and oxygen atoms in total. The molecule has 1 unspecified atom stereocenters. The predicted octanol–water partition coefficient (Wildman–Crippen LogP) is 2.72. The van der Waals surface area contributed by atoms with Gasteiger partial charge >= 0.3 is 5.97 Å². The summed E-state index contributed by atoms with van der Waals surface area (Å²) in [4.78, 5) is 16.2. The molecule has 2 rings (SSSR count). The Hall–Kier alpha value is -2.36. The molecule has 0 saturated heterocycles. The quantitative estimate of drug-likeness (QED) is 0.854. The molecule has 0 bridgehead atoms. The highest BCUT2D eigenvalue weighted by molar-refractivity contribution is 5.80. The van der Waals surface area contributed by atoms with E-state index in [9.17, 15) is 4.79 Å². The zero-order chi connectivity index (χ0) is 13.7. The van der Waals surface area contributed by atoms with E-state index in [0.717, 1.165) is 11.3 Å². The number of nitrogens with zero attached hydrogens (tertiary/aromatic N) is 1. The van der Waals surface area contributed by atoms with Crippen LogP contribution in [0.25, 0.3) is 0 Å². The maximum Gasteiger partial charge on any atom is 0.333 e. The summed E-state index contributed by atoms with van der Waals surface area (Å²) < 4.78 is 4.84. The molecule has 0 aliphatic rings. The van der Waals surface area contributed by atoms with Crippen molar-refractivity contribution in [3.8, 4) is 0 Å². The van der Waals surface area contributed by atoms with Crippen LogP contribution in [0.3, 0.4) is 0 Å². The molecule has 0 amide bonds. The second-order valence-corrected chi connectivity index (χ2v) is 4.18. The number of aromatic nitrogens is 1. The maximum absolute atomic E-state index is 11.9. The van der Waals surface area contributed by atoms with Gasteiger partial charge in [0, 0.05) is 5.69 Å². The molecule has 2 aromatic rings. The van der Waals surface area contributed by atoms with Crippen LogP contribution >= 0.6 is 0 Å². The van der Waals surface area contributed by atoms with Crippen molar-refractivity contribution in [2.45, 2.75) is 13.0 Å². The smallest absolute Gasteiger partial charge is 0.333 e. The summed E-state index contributed by atoms with van der Waals surface area (Å²) in [6.45, 7) is 1.90. The largest absolute Gasteiger partial charge is 0.467 e. The summed E-state index contributed by atoms with van der Waals surface area (Å²) >= 11 is 0. The first-order valence-corrected chi connectivity index (χ1v) is 6.03. The number of hydrogen-bond acceptors (Lipinski definition) is 4. The van der Waals surface area contributed by atoms with Crippen LogP contribution in [0.5, 0.6) is 0 Å². The molecule has 19 heavy (non-hydrogen) atoms. The molecular weight excluding hydrogens is 240 g/mol. The first kappa shape index (κ1) is 13.1. The summed E-state index contributed by atoms with van der Waals surface area (Å²) in [7, 11) is 1.38. The molecule has 0 radical (unpaired) electrons. The number of carbonyl (C=O) groups is 1. The van der Waals surface area contributed by atoms with Crippen LogP contribution in [-0.4, -0.2) is 18.1 Å². The zero-order valence-corrected chi connectivity index (χ0v) is 11.0. The van der Waals surface area contributed by atoms with Gasteiger partial charge in [-0.1, -0.05) is 36.4 Å². The number of ether oxygens (including phenoxy) is 1. The summed E-state index contributed by atoms with van der Waals surface area (Å²) in [5.41, 5.74) is 1.74. The summed E-state index contributed by atoms with van der Waals surface area (Å²) in [6.07, 6.45) is 0. The van der Waals surface area contributed by atoms with E-state index in [4.69, 9.17) is 4.74 Å². The van der Waals surface area contributed by atoms with Crippen molar-refractivity contribution >= 4 is 11.8 Å². The van der Waals surface area contributed by atoms with Crippen molar-refractivity contribution in [2.75, 3.05) is 12.4 Å². The Morgan fingerprint density at radius 3 is 2.53 bits per heavy atom. The fraction of sp³-hybridized carbons (Fsp3) is 0.200. The highest BCUT2D eigenvalue weighted by atomic mass is 16.5. The van der Waals surface area contributed by atoms with Crippen LogP contribution in [0, 0.1) is 6.92 Å². The van der Waals surface area contributed by atoms with E-state index in [0.29, 0.717) is 5.82 Å². The van der Waals surface area contributed by atoms with Crippen molar-refractivity contribution < 1.29 is 9.53 Å². The zero-order valence-electron chi connectivity index (χ0n) is 11.0. The first-order valence-electron chi connectivity index (χ1n) is 6.03. The van der Waals surface area contributed by atoms with Gasteiger partial charge in [-0.3, -0.25) is 0 Å². The van der Waals surface area contributed by atoms with E-state index in [2.05, 4.69) is 10.3 Å². The Balaban J connectivity index is 2.27. The van der Waals surface area contributed by atoms with E-state index in [-0.39, 0.29) is 5.97 Å². The van der Waals surface area contributed by atoms with Gasteiger partial charge in [0.15, 0.2) is 6.04 Å². The third-order valence-electron chi connectivity index (χ3n) is 2.75. The number of rotatable bonds is 4. The van der Waals surface area contributed by atoms with E-state index in [1.54, 1.807) is 0 Å². The van der Waals surface area contributed by atoms with Crippen LogP contribution < -0.4 is 5.32 Å². The van der Waals surface area contributed by atoms with Crippen LogP contribution in [0.4, 0.5) is 5.82 Å². The molecule has 1 atom stereocenters. The van der Waals surface area contributed by atoms with Gasteiger partial charge in [0.2, 0.25) is 0 Å². The maximum atomic E-state index is 11.9. The van der Waals surface area contributed by atoms with Crippen molar-refractivity contribution in [3.63, 3.8) is 0 Å². The second kappa shape index (κ2) is 6.00. The molecule has 1 N–H and O–H groups in total. The van der Waals surface area contributed by atoms with Gasteiger partial charge in [-0.05, 0) is 24.6 Å². The number of esters is 1. The van der Waals surface area contributed by atoms with Gasteiger partial charge in [0.05, 0.1) is 7.11 Å². The van der Waals surface area contributed by atoms with Crippen LogP contribution in [0.15, 0.2) is 48.5 Å². The second-order valence-electron chi connectivity index (χ2n) is 4.18. The van der Waals surface area contributed by atoms with Crippen LogP contribution in [0.1, 0.15) is 17.3 Å². The molecule has 0 saturated carbocycles. The van der Waals surface area contributed by atoms with E-state index in [1.807, 2.05) is 55.5 Å². The minimum atomic E-state index is -0.555. The van der Waals surface area contributed by atoms with Crippen molar-refractivity contribution in [1.29, 1.82) is 0 Å². The number of carbonyl (C=O) groups excluding carboxylic acids is 1. The Morgan fingerprint density at radius 1 is 1.16 bits per heavy atom. The molecule has 4 heteroatoms. The number of aryl methyl sites for hydroxylation is 1. The molecule has 0 spiro atoms. The Bertz CT molecular complexity index is 555. The Kier molecular flexibility index (Phi) is 4.13.